The lowest BCUT2D eigenvalue weighted by Gasteiger charge is -2.04. The highest BCUT2D eigenvalue weighted by Gasteiger charge is 2.13. The largest absolute Gasteiger partial charge is 0.478 e. The first-order valence-electron chi connectivity index (χ1n) is 8.45. The first kappa shape index (κ1) is 17.7. The molecule has 0 bridgehead atoms. The number of thiophene rings is 1. The molecule has 0 spiro atoms. The van der Waals surface area contributed by atoms with Gasteiger partial charge in [0.15, 0.2) is 0 Å². The number of nitrogens with zero attached hydrogens (tertiary/aromatic N) is 1. The van der Waals surface area contributed by atoms with Gasteiger partial charge < -0.3 is 15.4 Å². The first-order chi connectivity index (χ1) is 13.6. The molecule has 1 amide bonds. The van der Waals surface area contributed by atoms with E-state index in [0.717, 1.165) is 5.39 Å². The van der Waals surface area contributed by atoms with E-state index in [0.29, 0.717) is 27.5 Å². The topological polar surface area (TPSA) is 95.1 Å². The maximum atomic E-state index is 12.2. The molecule has 4 aromatic rings. The third kappa shape index (κ3) is 3.56. The number of fused-ring (bicyclic) bond motifs is 1. The number of aliphatic carboxylic acids is 1. The van der Waals surface area contributed by atoms with E-state index in [1.165, 1.54) is 11.3 Å². The van der Waals surface area contributed by atoms with Gasteiger partial charge in [0.25, 0.3) is 5.91 Å². The van der Waals surface area contributed by atoms with Crippen molar-refractivity contribution in [2.75, 3.05) is 5.32 Å². The molecule has 0 aliphatic rings. The molecule has 0 radical (unpaired) electrons. The third-order valence-electron chi connectivity index (χ3n) is 4.17. The van der Waals surface area contributed by atoms with Crippen molar-refractivity contribution in [1.82, 2.24) is 9.97 Å². The van der Waals surface area contributed by atoms with E-state index in [4.69, 9.17) is 0 Å². The standard InChI is InChI=1S/C21H15N3O3S/c25-20(17-7-4-10-28-17)24-18-9-8-15-14(12-22-19(15)23-18)11-16(21(26)27)13-5-2-1-3-6-13/h1-12H,(H,26,27)(H2,22,23,24,25)/b16-11-. The Morgan fingerprint density at radius 1 is 1.07 bits per heavy atom. The lowest BCUT2D eigenvalue weighted by atomic mass is 10.0. The third-order valence-corrected chi connectivity index (χ3v) is 5.04. The zero-order valence-corrected chi connectivity index (χ0v) is 15.4. The van der Waals surface area contributed by atoms with Gasteiger partial charge in [0.05, 0.1) is 10.5 Å². The monoisotopic (exact) mass is 389 g/mol. The summed E-state index contributed by atoms with van der Waals surface area (Å²) in [5.41, 5.74) is 2.08. The minimum absolute atomic E-state index is 0.191. The number of nitrogens with one attached hydrogen (secondary N) is 2. The van der Waals surface area contributed by atoms with Crippen LogP contribution in [0.4, 0.5) is 5.82 Å². The van der Waals surface area contributed by atoms with Crippen LogP contribution in [0.1, 0.15) is 20.8 Å². The zero-order chi connectivity index (χ0) is 19.5. The number of carboxylic acid groups (broad SMARTS) is 1. The summed E-state index contributed by atoms with van der Waals surface area (Å²) < 4.78 is 0. The molecule has 3 heterocycles. The average Bonchev–Trinajstić information content (AvgIpc) is 3.36. The lowest BCUT2D eigenvalue weighted by molar-refractivity contribution is -0.130. The number of anilines is 1. The van der Waals surface area contributed by atoms with Crippen LogP contribution in [0.15, 0.2) is 66.2 Å². The average molecular weight is 389 g/mol. The van der Waals surface area contributed by atoms with Gasteiger partial charge in [0.1, 0.15) is 11.5 Å². The van der Waals surface area contributed by atoms with Crippen molar-refractivity contribution >= 4 is 51.7 Å². The molecule has 4 rings (SSSR count). The second kappa shape index (κ2) is 7.50. The van der Waals surface area contributed by atoms with Crippen molar-refractivity contribution in [3.05, 3.63) is 82.2 Å². The number of carboxylic acids is 1. The van der Waals surface area contributed by atoms with Gasteiger partial charge >= 0.3 is 5.97 Å². The summed E-state index contributed by atoms with van der Waals surface area (Å²) in [7, 11) is 0. The number of aromatic amines is 1. The molecule has 0 aliphatic carbocycles. The van der Waals surface area contributed by atoms with Crippen molar-refractivity contribution in [2.45, 2.75) is 0 Å². The number of hydrogen-bond acceptors (Lipinski definition) is 4. The van der Waals surface area contributed by atoms with Crippen LogP contribution < -0.4 is 5.32 Å². The van der Waals surface area contributed by atoms with Crippen LogP contribution in [0.25, 0.3) is 22.7 Å². The van der Waals surface area contributed by atoms with Crippen LogP contribution in [-0.4, -0.2) is 27.0 Å². The van der Waals surface area contributed by atoms with E-state index < -0.39 is 5.97 Å². The summed E-state index contributed by atoms with van der Waals surface area (Å²) in [6.07, 6.45) is 3.32. The smallest absolute Gasteiger partial charge is 0.336 e. The van der Waals surface area contributed by atoms with Gasteiger partial charge in [-0.25, -0.2) is 9.78 Å². The molecule has 138 valence electrons. The van der Waals surface area contributed by atoms with Crippen LogP contribution in [0.3, 0.4) is 0 Å². The number of pyridine rings is 1. The summed E-state index contributed by atoms with van der Waals surface area (Å²) in [6, 6.07) is 16.0. The van der Waals surface area contributed by atoms with E-state index in [2.05, 4.69) is 15.3 Å². The Kier molecular flexibility index (Phi) is 4.74. The molecule has 3 aromatic heterocycles. The van der Waals surface area contributed by atoms with Crippen molar-refractivity contribution in [2.24, 2.45) is 0 Å². The lowest BCUT2D eigenvalue weighted by Crippen LogP contribution is -2.11. The van der Waals surface area contributed by atoms with Gasteiger partial charge in [-0.1, -0.05) is 36.4 Å². The summed E-state index contributed by atoms with van der Waals surface area (Å²) in [5.74, 6) is -0.802. The number of benzene rings is 1. The summed E-state index contributed by atoms with van der Waals surface area (Å²) in [5, 5.41) is 15.0. The molecule has 0 unspecified atom stereocenters. The van der Waals surface area contributed by atoms with Crippen molar-refractivity contribution in [1.29, 1.82) is 0 Å². The molecule has 1 aromatic carbocycles. The van der Waals surface area contributed by atoms with E-state index in [9.17, 15) is 14.7 Å². The summed E-state index contributed by atoms with van der Waals surface area (Å²) >= 11 is 1.35. The highest BCUT2D eigenvalue weighted by Crippen LogP contribution is 2.25. The Labute approximate surface area is 164 Å². The molecule has 0 saturated carbocycles. The van der Waals surface area contributed by atoms with E-state index in [1.54, 1.807) is 54.7 Å². The second-order valence-electron chi connectivity index (χ2n) is 6.00. The van der Waals surface area contributed by atoms with Crippen LogP contribution >= 0.6 is 11.3 Å². The molecule has 0 saturated heterocycles. The highest BCUT2D eigenvalue weighted by molar-refractivity contribution is 7.12. The first-order valence-corrected chi connectivity index (χ1v) is 9.33. The second-order valence-corrected chi connectivity index (χ2v) is 6.94. The molecule has 0 aliphatic heterocycles. The fourth-order valence-electron chi connectivity index (χ4n) is 2.84. The van der Waals surface area contributed by atoms with E-state index in [1.807, 2.05) is 17.5 Å². The van der Waals surface area contributed by atoms with Crippen molar-refractivity contribution in [3.63, 3.8) is 0 Å². The van der Waals surface area contributed by atoms with Crippen molar-refractivity contribution < 1.29 is 14.7 Å². The van der Waals surface area contributed by atoms with Crippen molar-refractivity contribution in [3.8, 4) is 0 Å². The van der Waals surface area contributed by atoms with Crippen LogP contribution in [0.2, 0.25) is 0 Å². The molecular formula is C21H15N3O3S. The zero-order valence-electron chi connectivity index (χ0n) is 14.5. The number of amides is 1. The Hall–Kier alpha value is -3.71. The Bertz CT molecular complexity index is 1180. The summed E-state index contributed by atoms with van der Waals surface area (Å²) in [4.78, 5) is 31.9. The molecule has 3 N–H and O–H groups in total. The fraction of sp³-hybridized carbons (Fsp3) is 0. The number of aromatic nitrogens is 2. The Morgan fingerprint density at radius 2 is 1.89 bits per heavy atom. The predicted octanol–water partition coefficient (Wildman–Crippen LogP) is 4.50. The quantitative estimate of drug-likeness (QED) is 0.438. The van der Waals surface area contributed by atoms with Gasteiger partial charge in [0, 0.05) is 17.1 Å². The SMILES string of the molecule is O=C(O)/C(=C\c1c[nH]c2nc(NC(=O)c3cccs3)ccc12)c1ccccc1. The fourth-order valence-corrected chi connectivity index (χ4v) is 3.46. The van der Waals surface area contributed by atoms with E-state index >= 15 is 0 Å². The predicted molar refractivity (Wildman–Crippen MR) is 110 cm³/mol. The number of carbonyl (C=O) groups excluding carboxylic acids is 1. The molecule has 0 fully saturated rings. The van der Waals surface area contributed by atoms with Gasteiger partial charge in [-0.3, -0.25) is 4.79 Å². The highest BCUT2D eigenvalue weighted by atomic mass is 32.1. The van der Waals surface area contributed by atoms with Gasteiger partial charge in [0.2, 0.25) is 0 Å². The Morgan fingerprint density at radius 3 is 2.61 bits per heavy atom. The normalized spacial score (nSPS) is 11.5. The number of rotatable bonds is 5. The van der Waals surface area contributed by atoms with Crippen LogP contribution in [0, 0.1) is 0 Å². The molecule has 7 heteroatoms. The maximum absolute atomic E-state index is 12.2. The molecule has 28 heavy (non-hydrogen) atoms. The minimum atomic E-state index is -1.01. The van der Waals surface area contributed by atoms with Crippen LogP contribution in [-0.2, 0) is 4.79 Å². The molecule has 0 atom stereocenters. The molecule has 6 nitrogen and oxygen atoms in total. The van der Waals surface area contributed by atoms with Gasteiger partial charge in [-0.2, -0.15) is 0 Å². The summed E-state index contributed by atoms with van der Waals surface area (Å²) in [6.45, 7) is 0. The number of hydrogen-bond donors (Lipinski definition) is 3. The van der Waals surface area contributed by atoms with E-state index in [-0.39, 0.29) is 11.5 Å². The number of H-pyrrole nitrogens is 1. The van der Waals surface area contributed by atoms with Gasteiger partial charge in [-0.05, 0) is 35.2 Å². The van der Waals surface area contributed by atoms with Crippen LogP contribution in [0.5, 0.6) is 0 Å². The number of carbonyl (C=O) groups is 2. The molecular weight excluding hydrogens is 374 g/mol. The maximum Gasteiger partial charge on any atom is 0.336 e. The minimum Gasteiger partial charge on any atom is -0.478 e. The van der Waals surface area contributed by atoms with Gasteiger partial charge in [-0.15, -0.1) is 11.3 Å². The Balaban J connectivity index is 1.66.